The lowest BCUT2D eigenvalue weighted by atomic mass is 10.1. The highest BCUT2D eigenvalue weighted by molar-refractivity contribution is 5.94. The molecule has 1 saturated heterocycles. The third kappa shape index (κ3) is 4.96. The van der Waals surface area contributed by atoms with Crippen molar-refractivity contribution >= 4 is 11.8 Å². The molecule has 0 spiro atoms. The van der Waals surface area contributed by atoms with Gasteiger partial charge in [0, 0.05) is 24.9 Å². The molecule has 0 bridgehead atoms. The number of amides is 2. The topological polar surface area (TPSA) is 93.0 Å². The number of aromatic nitrogens is 4. The molecular weight excluding hydrogens is 418 g/mol. The zero-order chi connectivity index (χ0) is 22.7. The van der Waals surface area contributed by atoms with Crippen LogP contribution in [0.2, 0.25) is 0 Å². The Kier molecular flexibility index (Phi) is 5.93. The molecule has 1 aromatic carbocycles. The maximum Gasteiger partial charge on any atom is 0.273 e. The second-order valence-corrected chi connectivity index (χ2v) is 7.83. The quantitative estimate of drug-likeness (QED) is 0.636. The van der Waals surface area contributed by atoms with E-state index in [9.17, 15) is 18.4 Å². The first-order valence-electron chi connectivity index (χ1n) is 10.1. The van der Waals surface area contributed by atoms with Crippen molar-refractivity contribution in [3.05, 3.63) is 77.4 Å². The lowest BCUT2D eigenvalue weighted by Gasteiger charge is -2.23. The van der Waals surface area contributed by atoms with Crippen LogP contribution in [0, 0.1) is 6.92 Å². The van der Waals surface area contributed by atoms with E-state index in [4.69, 9.17) is 0 Å². The third-order valence-electron chi connectivity index (χ3n) is 5.26. The van der Waals surface area contributed by atoms with Gasteiger partial charge in [-0.25, -0.2) is 13.5 Å². The summed E-state index contributed by atoms with van der Waals surface area (Å²) in [5, 5.41) is 10.5. The molecule has 3 heterocycles. The number of hydrogen-bond donors (Lipinski definition) is 1. The van der Waals surface area contributed by atoms with E-state index in [1.54, 1.807) is 19.1 Å². The molecule has 3 aromatic rings. The van der Waals surface area contributed by atoms with Gasteiger partial charge in [0.1, 0.15) is 0 Å². The van der Waals surface area contributed by atoms with E-state index in [1.807, 2.05) is 30.3 Å². The second kappa shape index (κ2) is 8.81. The summed E-state index contributed by atoms with van der Waals surface area (Å²) in [5.41, 5.74) is 1.98. The molecule has 2 amide bonds. The van der Waals surface area contributed by atoms with Crippen molar-refractivity contribution in [2.75, 3.05) is 6.54 Å². The Bertz CT molecular complexity index is 1100. The Morgan fingerprint density at radius 2 is 1.97 bits per heavy atom. The molecule has 1 aliphatic rings. The van der Waals surface area contributed by atoms with E-state index >= 15 is 0 Å². The van der Waals surface area contributed by atoms with Crippen molar-refractivity contribution in [2.45, 2.75) is 38.4 Å². The molecule has 2 aromatic heterocycles. The normalized spacial score (nSPS) is 17.3. The minimum absolute atomic E-state index is 0.000412. The van der Waals surface area contributed by atoms with Gasteiger partial charge in [0.05, 0.1) is 30.9 Å². The monoisotopic (exact) mass is 440 g/mol. The molecule has 1 N–H and O–H groups in total. The highest BCUT2D eigenvalue weighted by Crippen LogP contribution is 2.33. The SMILES string of the molecule is Cc1ccc(C(=O)N2CC(F)(F)C[C@H]2Cn2cc(C(=O)NCc3ccccc3)nn2)cn1. The Hall–Kier alpha value is -3.69. The minimum Gasteiger partial charge on any atom is -0.347 e. The van der Waals surface area contributed by atoms with Gasteiger partial charge in [-0.1, -0.05) is 35.5 Å². The molecule has 0 radical (unpaired) electrons. The van der Waals surface area contributed by atoms with Gasteiger partial charge >= 0.3 is 0 Å². The van der Waals surface area contributed by atoms with Crippen LogP contribution < -0.4 is 5.32 Å². The first-order valence-corrected chi connectivity index (χ1v) is 10.1. The number of rotatable bonds is 6. The standard InChI is InChI=1S/C22H22F2N6O2/c1-15-7-8-17(11-25-15)21(32)30-14-22(23,24)9-18(30)12-29-13-19(27-28-29)20(31)26-10-16-5-3-2-4-6-16/h2-8,11,13,18H,9-10,12,14H2,1H3,(H,26,31)/t18-/m0/s1. The van der Waals surface area contributed by atoms with Crippen LogP contribution in [0.5, 0.6) is 0 Å². The average molecular weight is 440 g/mol. The third-order valence-corrected chi connectivity index (χ3v) is 5.26. The highest BCUT2D eigenvalue weighted by atomic mass is 19.3. The number of benzene rings is 1. The lowest BCUT2D eigenvalue weighted by Crippen LogP contribution is -2.38. The largest absolute Gasteiger partial charge is 0.347 e. The predicted molar refractivity (Wildman–Crippen MR) is 111 cm³/mol. The Balaban J connectivity index is 1.43. The zero-order valence-electron chi connectivity index (χ0n) is 17.4. The summed E-state index contributed by atoms with van der Waals surface area (Å²) < 4.78 is 29.6. The molecule has 0 unspecified atom stereocenters. The smallest absolute Gasteiger partial charge is 0.273 e. The molecule has 10 heteroatoms. The van der Waals surface area contributed by atoms with Crippen LogP contribution >= 0.6 is 0 Å². The lowest BCUT2D eigenvalue weighted by molar-refractivity contribution is 0.0117. The summed E-state index contributed by atoms with van der Waals surface area (Å²) in [6.07, 6.45) is 2.29. The molecule has 1 fully saturated rings. The molecule has 32 heavy (non-hydrogen) atoms. The fourth-order valence-corrected chi connectivity index (χ4v) is 3.64. The van der Waals surface area contributed by atoms with Gasteiger partial charge in [-0.15, -0.1) is 5.10 Å². The van der Waals surface area contributed by atoms with Crippen LogP contribution in [0.3, 0.4) is 0 Å². The molecule has 4 rings (SSSR count). The molecule has 166 valence electrons. The number of alkyl halides is 2. The summed E-state index contributed by atoms with van der Waals surface area (Å²) in [5.74, 6) is -3.94. The van der Waals surface area contributed by atoms with Gasteiger partial charge in [0.25, 0.3) is 17.7 Å². The van der Waals surface area contributed by atoms with E-state index in [1.165, 1.54) is 17.1 Å². The molecule has 8 nitrogen and oxygen atoms in total. The maximum absolute atomic E-state index is 14.2. The number of nitrogens with zero attached hydrogens (tertiary/aromatic N) is 5. The number of halogens is 2. The van der Waals surface area contributed by atoms with Gasteiger partial charge in [-0.2, -0.15) is 0 Å². The maximum atomic E-state index is 14.2. The fourth-order valence-electron chi connectivity index (χ4n) is 3.64. The highest BCUT2D eigenvalue weighted by Gasteiger charge is 2.47. The number of likely N-dealkylation sites (tertiary alicyclic amines) is 1. The summed E-state index contributed by atoms with van der Waals surface area (Å²) in [4.78, 5) is 30.4. The number of hydrogen-bond acceptors (Lipinski definition) is 5. The zero-order valence-corrected chi connectivity index (χ0v) is 17.4. The van der Waals surface area contributed by atoms with Crippen LogP contribution in [0.15, 0.2) is 54.9 Å². The van der Waals surface area contributed by atoms with Gasteiger partial charge in [-0.3, -0.25) is 14.6 Å². The van der Waals surface area contributed by atoms with Crippen molar-refractivity contribution in [1.82, 2.24) is 30.2 Å². The number of aryl methyl sites for hydroxylation is 1. The number of carbonyl (C=O) groups is 2. The van der Waals surface area contributed by atoms with Crippen molar-refractivity contribution < 1.29 is 18.4 Å². The van der Waals surface area contributed by atoms with Gasteiger partial charge in [0.2, 0.25) is 0 Å². The van der Waals surface area contributed by atoms with E-state index in [2.05, 4.69) is 20.6 Å². The van der Waals surface area contributed by atoms with Crippen molar-refractivity contribution in [1.29, 1.82) is 0 Å². The average Bonchev–Trinajstić information content (AvgIpc) is 3.36. The van der Waals surface area contributed by atoms with Crippen molar-refractivity contribution in [3.63, 3.8) is 0 Å². The summed E-state index contributed by atoms with van der Waals surface area (Å²) in [6.45, 7) is 1.43. The molecule has 0 saturated carbocycles. The van der Waals surface area contributed by atoms with E-state index in [0.29, 0.717) is 6.54 Å². The van der Waals surface area contributed by atoms with E-state index in [0.717, 1.165) is 16.2 Å². The van der Waals surface area contributed by atoms with Gasteiger partial charge in [-0.05, 0) is 24.6 Å². The van der Waals surface area contributed by atoms with Crippen LogP contribution in [-0.2, 0) is 13.1 Å². The van der Waals surface area contributed by atoms with E-state index < -0.39 is 36.7 Å². The fraction of sp³-hybridized carbons (Fsp3) is 0.318. The van der Waals surface area contributed by atoms with Crippen LogP contribution in [0.4, 0.5) is 8.78 Å². The Labute approximate surface area is 183 Å². The van der Waals surface area contributed by atoms with Gasteiger partial charge in [0.15, 0.2) is 5.69 Å². The molecule has 1 atom stereocenters. The minimum atomic E-state index is -3.01. The Morgan fingerprint density at radius 3 is 2.69 bits per heavy atom. The van der Waals surface area contributed by atoms with Crippen LogP contribution in [0.25, 0.3) is 0 Å². The van der Waals surface area contributed by atoms with Crippen molar-refractivity contribution in [2.24, 2.45) is 0 Å². The predicted octanol–water partition coefficient (Wildman–Crippen LogP) is 2.46. The Morgan fingerprint density at radius 1 is 1.19 bits per heavy atom. The van der Waals surface area contributed by atoms with Crippen LogP contribution in [-0.4, -0.2) is 55.2 Å². The second-order valence-electron chi connectivity index (χ2n) is 7.83. The summed E-state index contributed by atoms with van der Waals surface area (Å²) >= 11 is 0. The van der Waals surface area contributed by atoms with E-state index in [-0.39, 0.29) is 17.8 Å². The summed E-state index contributed by atoms with van der Waals surface area (Å²) in [7, 11) is 0. The number of pyridine rings is 1. The first kappa shape index (κ1) is 21.5. The molecular formula is C22H22F2N6O2. The molecule has 0 aliphatic carbocycles. The molecule has 1 aliphatic heterocycles. The van der Waals surface area contributed by atoms with Crippen LogP contribution in [0.1, 0.15) is 38.5 Å². The first-order chi connectivity index (χ1) is 15.3. The van der Waals surface area contributed by atoms with Gasteiger partial charge < -0.3 is 10.2 Å². The summed E-state index contributed by atoms with van der Waals surface area (Å²) in [6, 6.07) is 11.8. The van der Waals surface area contributed by atoms with Crippen molar-refractivity contribution in [3.8, 4) is 0 Å². The number of nitrogens with one attached hydrogen (secondary N) is 1. The number of carbonyl (C=O) groups excluding carboxylic acids is 2.